The molecule has 0 aliphatic heterocycles. The van der Waals surface area contributed by atoms with E-state index in [9.17, 15) is 34.2 Å². The maximum atomic E-state index is 14.6. The van der Waals surface area contributed by atoms with Gasteiger partial charge in [0.15, 0.2) is 5.75 Å². The Morgan fingerprint density at radius 3 is 1.42 bits per heavy atom. The zero-order valence-corrected chi connectivity index (χ0v) is 30.6. The van der Waals surface area contributed by atoms with E-state index in [2.05, 4.69) is 5.32 Å². The molecule has 0 heterocycles. The molecule has 1 aliphatic carbocycles. The van der Waals surface area contributed by atoms with Gasteiger partial charge in [0.1, 0.15) is 28.7 Å². The summed E-state index contributed by atoms with van der Waals surface area (Å²) < 4.78 is 11.8. The molecule has 12 nitrogen and oxygen atoms in total. The van der Waals surface area contributed by atoms with Crippen molar-refractivity contribution in [2.45, 2.75) is 45.8 Å². The second-order valence-corrected chi connectivity index (χ2v) is 13.6. The third-order valence-corrected chi connectivity index (χ3v) is 9.76. The number of rotatable bonds is 17. The molecule has 284 valence electrons. The maximum absolute atomic E-state index is 14.6. The molecule has 2 amide bonds. The van der Waals surface area contributed by atoms with Crippen molar-refractivity contribution >= 4 is 23.5 Å². The molecule has 0 spiro atoms. The zero-order valence-electron chi connectivity index (χ0n) is 30.6. The molecule has 55 heavy (non-hydrogen) atoms. The number of carbonyl (C=O) groups is 3. The number of carboxylic acids is 1. The van der Waals surface area contributed by atoms with Crippen LogP contribution in [0.15, 0.2) is 119 Å². The van der Waals surface area contributed by atoms with E-state index in [1.807, 2.05) is 98.8 Å². The van der Waals surface area contributed by atoms with Crippen LogP contribution < -0.4 is 25.6 Å². The van der Waals surface area contributed by atoms with Gasteiger partial charge in [0.25, 0.3) is 10.9 Å². The topological polar surface area (TPSA) is 163 Å². The number of para-hydroxylation sites is 2. The number of benzene rings is 4. The third-order valence-electron chi connectivity index (χ3n) is 9.76. The van der Waals surface area contributed by atoms with Gasteiger partial charge in [0.2, 0.25) is 11.8 Å². The van der Waals surface area contributed by atoms with Crippen molar-refractivity contribution in [3.05, 3.63) is 141 Å². The summed E-state index contributed by atoms with van der Waals surface area (Å²) in [7, 11) is 0. The lowest BCUT2D eigenvalue weighted by Gasteiger charge is -2.50. The van der Waals surface area contributed by atoms with Gasteiger partial charge < -0.3 is 34.8 Å². The number of nitrogens with zero attached hydrogens (tertiary/aromatic N) is 2. The number of carbonyl (C=O) groups excluding carboxylic acids is 2. The molecule has 0 aromatic heterocycles. The quantitative estimate of drug-likeness (QED) is 0.0938. The minimum absolute atomic E-state index is 0.148. The van der Waals surface area contributed by atoms with Crippen LogP contribution in [0.2, 0.25) is 0 Å². The maximum Gasteiger partial charge on any atom is 0.309 e. The summed E-state index contributed by atoms with van der Waals surface area (Å²) >= 11 is 0. The van der Waals surface area contributed by atoms with E-state index in [-0.39, 0.29) is 19.6 Å². The SMILES string of the molecule is CCCN(Cc1ccc(Oc2ccccc2)cc1)C(=O)[C@@H]1[C@H](C(=O)O)[C@@H](Nc2c(O)c(=O)c2=O)[C@H]1C(=O)N(CCC)Cc1ccc(Oc2ccccc2)cc1. The fraction of sp³-hybridized carbons (Fsp3) is 0.279. The number of ether oxygens (including phenoxy) is 2. The van der Waals surface area contributed by atoms with Crippen molar-refractivity contribution in [2.75, 3.05) is 18.4 Å². The van der Waals surface area contributed by atoms with Crippen LogP contribution in [-0.4, -0.2) is 56.9 Å². The average molecular weight is 746 g/mol. The number of aliphatic carboxylic acids is 1. The Hall–Kier alpha value is -6.43. The van der Waals surface area contributed by atoms with Crippen LogP contribution in [0, 0.1) is 17.8 Å². The van der Waals surface area contributed by atoms with Crippen molar-refractivity contribution in [1.82, 2.24) is 9.80 Å². The van der Waals surface area contributed by atoms with Crippen molar-refractivity contribution in [1.29, 1.82) is 0 Å². The van der Waals surface area contributed by atoms with Crippen LogP contribution in [0.1, 0.15) is 37.8 Å². The molecule has 5 aromatic rings. The van der Waals surface area contributed by atoms with Crippen LogP contribution in [0.4, 0.5) is 5.69 Å². The molecule has 0 radical (unpaired) electrons. The summed E-state index contributed by atoms with van der Waals surface area (Å²) in [4.78, 5) is 69.4. The first kappa shape index (κ1) is 38.3. The van der Waals surface area contributed by atoms with Gasteiger partial charge in [-0.1, -0.05) is 74.5 Å². The second-order valence-electron chi connectivity index (χ2n) is 13.6. The fourth-order valence-corrected chi connectivity index (χ4v) is 7.04. The van der Waals surface area contributed by atoms with Gasteiger partial charge in [-0.3, -0.25) is 24.0 Å². The van der Waals surface area contributed by atoms with Crippen molar-refractivity contribution in [3.63, 3.8) is 0 Å². The minimum Gasteiger partial charge on any atom is -0.502 e. The molecule has 0 saturated heterocycles. The summed E-state index contributed by atoms with van der Waals surface area (Å²) in [5.74, 6) is -4.63. The average Bonchev–Trinajstić information content (AvgIpc) is 3.18. The number of aromatic hydroxyl groups is 1. The molecule has 0 bridgehead atoms. The number of amides is 2. The van der Waals surface area contributed by atoms with Crippen LogP contribution in [0.3, 0.4) is 0 Å². The highest BCUT2D eigenvalue weighted by atomic mass is 16.5. The Morgan fingerprint density at radius 1 is 0.600 bits per heavy atom. The van der Waals surface area contributed by atoms with Crippen LogP contribution >= 0.6 is 0 Å². The van der Waals surface area contributed by atoms with E-state index >= 15 is 0 Å². The molecule has 4 atom stereocenters. The molecule has 12 heteroatoms. The standard InChI is InChI=1S/C43H43N3O9/c1-3-23-45(25-27-15-19-31(20-16-27)54-29-11-7-5-8-12-29)41(50)33-34(36(35(33)43(52)53)44-37-38(47)40(49)39(37)48)42(51)46(24-4-2)26-28-17-21-32(22-18-28)55-30-13-9-6-10-14-30/h5-22,33-36,44,47H,3-4,23-26H2,1-2H3,(H,52,53)/t33-,34-,35-,36-/m0/s1. The lowest BCUT2D eigenvalue weighted by molar-refractivity contribution is -0.170. The Balaban J connectivity index is 1.26. The molecule has 6 rings (SSSR count). The first-order chi connectivity index (χ1) is 26.6. The van der Waals surface area contributed by atoms with Crippen LogP contribution in [-0.2, 0) is 27.5 Å². The third kappa shape index (κ3) is 8.54. The summed E-state index contributed by atoms with van der Waals surface area (Å²) in [6.45, 7) is 4.68. The van der Waals surface area contributed by atoms with Crippen molar-refractivity contribution in [3.8, 4) is 28.7 Å². The van der Waals surface area contributed by atoms with Gasteiger partial charge in [-0.2, -0.15) is 0 Å². The van der Waals surface area contributed by atoms with E-state index in [0.29, 0.717) is 42.4 Å². The van der Waals surface area contributed by atoms with Gasteiger partial charge in [-0.25, -0.2) is 0 Å². The predicted octanol–water partition coefficient (Wildman–Crippen LogP) is 6.18. The van der Waals surface area contributed by atoms with Gasteiger partial charge in [0.05, 0.1) is 23.8 Å². The molecule has 1 fully saturated rings. The largest absolute Gasteiger partial charge is 0.502 e. The summed E-state index contributed by atoms with van der Waals surface area (Å²) in [5, 5.41) is 23.4. The van der Waals surface area contributed by atoms with Gasteiger partial charge in [-0.15, -0.1) is 0 Å². The first-order valence-electron chi connectivity index (χ1n) is 18.3. The zero-order chi connectivity index (χ0) is 39.1. The molecular weight excluding hydrogens is 702 g/mol. The minimum atomic E-state index is -1.44. The van der Waals surface area contributed by atoms with E-state index in [1.165, 1.54) is 0 Å². The van der Waals surface area contributed by atoms with Crippen molar-refractivity contribution in [2.24, 2.45) is 17.8 Å². The van der Waals surface area contributed by atoms with E-state index in [0.717, 1.165) is 11.1 Å². The summed E-state index contributed by atoms with van der Waals surface area (Å²) in [5.41, 5.74) is -1.03. The highest BCUT2D eigenvalue weighted by molar-refractivity contribution is 5.96. The number of carboxylic acid groups (broad SMARTS) is 1. The summed E-state index contributed by atoms with van der Waals surface area (Å²) in [6, 6.07) is 31.8. The number of hydrogen-bond acceptors (Lipinski definition) is 9. The Labute approximate surface area is 318 Å². The van der Waals surface area contributed by atoms with E-state index in [1.54, 1.807) is 34.1 Å². The predicted molar refractivity (Wildman–Crippen MR) is 206 cm³/mol. The van der Waals surface area contributed by atoms with E-state index < -0.39 is 63.9 Å². The van der Waals surface area contributed by atoms with Gasteiger partial charge in [0, 0.05) is 26.2 Å². The number of nitrogens with one attached hydrogen (secondary N) is 1. The highest BCUT2D eigenvalue weighted by Crippen LogP contribution is 2.46. The second kappa shape index (κ2) is 17.1. The molecule has 1 saturated carbocycles. The van der Waals surface area contributed by atoms with Crippen LogP contribution in [0.5, 0.6) is 28.7 Å². The number of hydrogen-bond donors (Lipinski definition) is 3. The Kier molecular flexibility index (Phi) is 11.9. The molecule has 3 N–H and O–H groups in total. The normalized spacial score (nSPS) is 17.5. The lowest BCUT2D eigenvalue weighted by Crippen LogP contribution is -2.68. The fourth-order valence-electron chi connectivity index (χ4n) is 7.04. The lowest BCUT2D eigenvalue weighted by atomic mass is 9.59. The number of anilines is 1. The smallest absolute Gasteiger partial charge is 0.309 e. The Bertz CT molecular complexity index is 2170. The summed E-state index contributed by atoms with van der Waals surface area (Å²) in [6.07, 6.45) is 1.13. The van der Waals surface area contributed by atoms with Gasteiger partial charge >= 0.3 is 5.97 Å². The molecule has 1 aliphatic rings. The monoisotopic (exact) mass is 745 g/mol. The molecule has 5 aromatic carbocycles. The van der Waals surface area contributed by atoms with E-state index in [4.69, 9.17) is 9.47 Å². The molecular formula is C43H43N3O9. The van der Waals surface area contributed by atoms with Crippen molar-refractivity contribution < 1.29 is 34.1 Å². The molecule has 0 unspecified atom stereocenters. The Morgan fingerprint density at radius 2 is 1.02 bits per heavy atom. The van der Waals surface area contributed by atoms with Gasteiger partial charge in [-0.05, 0) is 72.5 Å². The van der Waals surface area contributed by atoms with Crippen LogP contribution in [0.25, 0.3) is 0 Å². The highest BCUT2D eigenvalue weighted by Gasteiger charge is 2.62. The first-order valence-corrected chi connectivity index (χ1v) is 18.3.